The second kappa shape index (κ2) is 9.36. The van der Waals surface area contributed by atoms with Gasteiger partial charge < -0.3 is 19.3 Å². The zero-order valence-electron chi connectivity index (χ0n) is 19.4. The summed E-state index contributed by atoms with van der Waals surface area (Å²) in [5.74, 6) is 0.368. The van der Waals surface area contributed by atoms with Gasteiger partial charge in [0.1, 0.15) is 5.75 Å². The average Bonchev–Trinajstić information content (AvgIpc) is 3.11. The molecule has 0 aromatic heterocycles. The number of amides is 1. The third-order valence-corrected chi connectivity index (χ3v) is 6.24. The molecule has 170 valence electrons. The van der Waals surface area contributed by atoms with Crippen molar-refractivity contribution in [2.75, 3.05) is 33.2 Å². The van der Waals surface area contributed by atoms with Crippen LogP contribution in [0.2, 0.25) is 0 Å². The quantitative estimate of drug-likeness (QED) is 0.624. The number of methoxy groups -OCH3 is 2. The molecule has 2 aromatic carbocycles. The van der Waals surface area contributed by atoms with Gasteiger partial charge in [-0.05, 0) is 61.2 Å². The van der Waals surface area contributed by atoms with E-state index in [-0.39, 0.29) is 11.9 Å². The number of carbonyl (C=O) groups is 2. The van der Waals surface area contributed by atoms with E-state index in [2.05, 4.69) is 17.1 Å². The zero-order chi connectivity index (χ0) is 23.5. The highest BCUT2D eigenvalue weighted by molar-refractivity contribution is 6.02. The number of para-hydroxylation sites is 1. The van der Waals surface area contributed by atoms with Gasteiger partial charge in [0.2, 0.25) is 0 Å². The van der Waals surface area contributed by atoms with E-state index < -0.39 is 0 Å². The zero-order valence-corrected chi connectivity index (χ0v) is 19.4. The van der Waals surface area contributed by atoms with Crippen LogP contribution in [0.3, 0.4) is 0 Å². The Morgan fingerprint density at radius 1 is 0.970 bits per heavy atom. The lowest BCUT2D eigenvalue weighted by molar-refractivity contribution is 0.0600. The molecule has 2 aromatic rings. The van der Waals surface area contributed by atoms with Crippen LogP contribution in [-0.4, -0.2) is 45.1 Å². The van der Waals surface area contributed by atoms with Crippen molar-refractivity contribution in [1.82, 2.24) is 4.90 Å². The number of likely N-dealkylation sites (N-methyl/N-ethyl adjacent to an activating group) is 2. The maximum Gasteiger partial charge on any atom is 0.337 e. The maximum atomic E-state index is 13.1. The van der Waals surface area contributed by atoms with Crippen LogP contribution >= 0.6 is 0 Å². The molecule has 4 rings (SSSR count). The van der Waals surface area contributed by atoms with Gasteiger partial charge in [0.05, 0.1) is 42.4 Å². The lowest BCUT2D eigenvalue weighted by atomic mass is 9.99. The summed E-state index contributed by atoms with van der Waals surface area (Å²) in [5, 5.41) is 0. The van der Waals surface area contributed by atoms with Crippen LogP contribution in [0, 0.1) is 0 Å². The minimum atomic E-state index is -0.363. The van der Waals surface area contributed by atoms with Crippen molar-refractivity contribution in [2.45, 2.75) is 19.3 Å². The molecule has 33 heavy (non-hydrogen) atoms. The largest absolute Gasteiger partial charge is 0.496 e. The third kappa shape index (κ3) is 4.29. The highest BCUT2D eigenvalue weighted by Gasteiger charge is 2.29. The van der Waals surface area contributed by atoms with E-state index in [1.807, 2.05) is 50.5 Å². The lowest BCUT2D eigenvalue weighted by Crippen LogP contribution is -2.26. The average molecular weight is 445 g/mol. The van der Waals surface area contributed by atoms with Crippen molar-refractivity contribution in [3.8, 4) is 5.75 Å². The fourth-order valence-electron chi connectivity index (χ4n) is 4.34. The van der Waals surface area contributed by atoms with Crippen molar-refractivity contribution >= 4 is 17.6 Å². The van der Waals surface area contributed by atoms with Crippen LogP contribution in [-0.2, 0) is 11.2 Å². The SMILES string of the molecule is COC(=O)c1ccc(OC)c(CCC2=CC=C3C(=CC2)N(C)c2ccccc2C(=O)N3C)c1. The number of aryl methyl sites for hydroxylation is 1. The third-order valence-electron chi connectivity index (χ3n) is 6.24. The Kier molecular flexibility index (Phi) is 6.36. The number of esters is 1. The topological polar surface area (TPSA) is 59.1 Å². The van der Waals surface area contributed by atoms with E-state index in [0.29, 0.717) is 11.1 Å². The molecule has 0 atom stereocenters. The Morgan fingerprint density at radius 3 is 2.52 bits per heavy atom. The summed E-state index contributed by atoms with van der Waals surface area (Å²) in [5.41, 5.74) is 6.17. The number of ether oxygens (including phenoxy) is 2. The van der Waals surface area contributed by atoms with Crippen LogP contribution in [0.25, 0.3) is 0 Å². The first-order chi connectivity index (χ1) is 15.9. The molecule has 0 N–H and O–H groups in total. The molecule has 6 nitrogen and oxygen atoms in total. The normalized spacial score (nSPS) is 15.4. The predicted octanol–water partition coefficient (Wildman–Crippen LogP) is 4.73. The van der Waals surface area contributed by atoms with Gasteiger partial charge in [-0.15, -0.1) is 0 Å². The molecule has 0 radical (unpaired) electrons. The van der Waals surface area contributed by atoms with Crippen molar-refractivity contribution in [3.05, 3.63) is 94.4 Å². The van der Waals surface area contributed by atoms with Gasteiger partial charge >= 0.3 is 5.97 Å². The second-order valence-corrected chi connectivity index (χ2v) is 8.13. The molecule has 1 aliphatic carbocycles. The van der Waals surface area contributed by atoms with Crippen molar-refractivity contribution in [1.29, 1.82) is 0 Å². The molecule has 2 aliphatic rings. The van der Waals surface area contributed by atoms with Gasteiger partial charge in [-0.25, -0.2) is 4.79 Å². The summed E-state index contributed by atoms with van der Waals surface area (Å²) in [6.07, 6.45) is 8.59. The van der Waals surface area contributed by atoms with Crippen LogP contribution in [0.15, 0.2) is 77.7 Å². The van der Waals surface area contributed by atoms with Crippen molar-refractivity contribution < 1.29 is 19.1 Å². The number of fused-ring (bicyclic) bond motifs is 2. The van der Waals surface area contributed by atoms with Crippen LogP contribution < -0.4 is 9.64 Å². The fourth-order valence-corrected chi connectivity index (χ4v) is 4.34. The van der Waals surface area contributed by atoms with Gasteiger partial charge in [-0.3, -0.25) is 4.79 Å². The first-order valence-corrected chi connectivity index (χ1v) is 10.9. The summed E-state index contributed by atoms with van der Waals surface area (Å²) in [6.45, 7) is 0. The van der Waals surface area contributed by atoms with Crippen molar-refractivity contribution in [3.63, 3.8) is 0 Å². The van der Waals surface area contributed by atoms with Crippen LogP contribution in [0.5, 0.6) is 5.75 Å². The van der Waals surface area contributed by atoms with E-state index in [0.717, 1.165) is 47.7 Å². The van der Waals surface area contributed by atoms with E-state index in [1.165, 1.54) is 12.7 Å². The lowest BCUT2D eigenvalue weighted by Gasteiger charge is -2.24. The molecule has 1 heterocycles. The first kappa shape index (κ1) is 22.4. The standard InChI is InChI=1S/C27H28N2O4/c1-28-22-8-6-5-7-21(22)26(30)29(2)24-15-11-18(10-14-23(24)28)9-12-19-17-20(27(31)33-4)13-16-25(19)32-3/h5-8,11,13-17H,9-10,12H2,1-4H3. The number of carbonyl (C=O) groups excluding carboxylic acids is 2. The molecule has 1 amide bonds. The highest BCUT2D eigenvalue weighted by atomic mass is 16.5. The molecular weight excluding hydrogens is 416 g/mol. The smallest absolute Gasteiger partial charge is 0.337 e. The van der Waals surface area contributed by atoms with Gasteiger partial charge in [0, 0.05) is 14.1 Å². The van der Waals surface area contributed by atoms with Crippen LogP contribution in [0.4, 0.5) is 5.69 Å². The van der Waals surface area contributed by atoms with Gasteiger partial charge in [-0.2, -0.15) is 0 Å². The first-order valence-electron chi connectivity index (χ1n) is 10.9. The number of rotatable bonds is 5. The number of hydrogen-bond donors (Lipinski definition) is 0. The Bertz CT molecular complexity index is 1190. The molecule has 0 bridgehead atoms. The molecule has 0 fully saturated rings. The predicted molar refractivity (Wildman–Crippen MR) is 128 cm³/mol. The van der Waals surface area contributed by atoms with E-state index in [1.54, 1.807) is 24.1 Å². The summed E-state index contributed by atoms with van der Waals surface area (Å²) < 4.78 is 10.3. The molecule has 6 heteroatoms. The summed E-state index contributed by atoms with van der Waals surface area (Å²) >= 11 is 0. The van der Waals surface area contributed by atoms with Gasteiger partial charge in [0.15, 0.2) is 0 Å². The summed E-state index contributed by atoms with van der Waals surface area (Å²) in [6, 6.07) is 13.0. The molecule has 1 aliphatic heterocycles. The Balaban J connectivity index is 1.59. The number of anilines is 1. The number of benzene rings is 2. The number of allylic oxidation sites excluding steroid dienone is 4. The van der Waals surface area contributed by atoms with Crippen LogP contribution in [0.1, 0.15) is 39.1 Å². The minimum absolute atomic E-state index is 0.0201. The molecule has 0 saturated heterocycles. The summed E-state index contributed by atoms with van der Waals surface area (Å²) in [7, 11) is 6.83. The molecule has 0 unspecified atom stereocenters. The Labute approximate surface area is 194 Å². The fraction of sp³-hybridized carbons (Fsp3) is 0.259. The monoisotopic (exact) mass is 444 g/mol. The molecular formula is C27H28N2O4. The Hall–Kier alpha value is -3.80. The second-order valence-electron chi connectivity index (χ2n) is 8.13. The van der Waals surface area contributed by atoms with Crippen molar-refractivity contribution in [2.24, 2.45) is 0 Å². The van der Waals surface area contributed by atoms with Gasteiger partial charge in [0.25, 0.3) is 5.91 Å². The molecule has 0 saturated carbocycles. The highest BCUT2D eigenvalue weighted by Crippen LogP contribution is 2.35. The van der Waals surface area contributed by atoms with E-state index in [9.17, 15) is 9.59 Å². The summed E-state index contributed by atoms with van der Waals surface area (Å²) in [4.78, 5) is 28.8. The minimum Gasteiger partial charge on any atom is -0.496 e. The van der Waals surface area contributed by atoms with Gasteiger partial charge in [-0.1, -0.05) is 29.9 Å². The number of hydrogen-bond acceptors (Lipinski definition) is 5. The Morgan fingerprint density at radius 2 is 1.76 bits per heavy atom. The number of nitrogens with zero attached hydrogens (tertiary/aromatic N) is 2. The maximum absolute atomic E-state index is 13.1. The van der Waals surface area contributed by atoms with E-state index in [4.69, 9.17) is 9.47 Å². The van der Waals surface area contributed by atoms with E-state index >= 15 is 0 Å². The molecule has 0 spiro atoms.